The molecule has 0 atom stereocenters. The van der Waals surface area contributed by atoms with Gasteiger partial charge in [-0.2, -0.15) is 0 Å². The van der Waals surface area contributed by atoms with Crippen LogP contribution in [0.5, 0.6) is 0 Å². The van der Waals surface area contributed by atoms with Gasteiger partial charge in [-0.3, -0.25) is 9.97 Å². The molecule has 0 saturated heterocycles. The third kappa shape index (κ3) is 8.32. The molecule has 0 N–H and O–H groups in total. The van der Waals surface area contributed by atoms with Crippen molar-refractivity contribution < 1.29 is 25.9 Å². The van der Waals surface area contributed by atoms with E-state index in [0.29, 0.717) is 0 Å². The molecule has 7 heteroatoms. The zero-order chi connectivity index (χ0) is 42.3. The van der Waals surface area contributed by atoms with Gasteiger partial charge < -0.3 is 14.0 Å². The topological polar surface area (TPSA) is 56.7 Å². The van der Waals surface area contributed by atoms with Crippen molar-refractivity contribution in [3.8, 4) is 39.5 Å². The normalized spacial score (nSPS) is 12.2. The van der Waals surface area contributed by atoms with Gasteiger partial charge >= 0.3 is 0 Å². The molecule has 0 spiro atoms. The van der Waals surface area contributed by atoms with Crippen molar-refractivity contribution in [1.29, 1.82) is 0 Å². The van der Waals surface area contributed by atoms with Gasteiger partial charge in [0, 0.05) is 44.9 Å². The fourth-order valence-electron chi connectivity index (χ4n) is 7.97. The van der Waals surface area contributed by atoms with Crippen LogP contribution in [-0.2, 0) is 20.1 Å². The molecule has 0 unspecified atom stereocenters. The molecule has 0 aliphatic carbocycles. The molecule has 0 bridgehead atoms. The monoisotopic (exact) mass is 982 g/mol. The van der Waals surface area contributed by atoms with E-state index < -0.39 is 14.0 Å². The van der Waals surface area contributed by atoms with Crippen molar-refractivity contribution in [1.82, 2.24) is 19.5 Å². The molecule has 0 amide bonds. The summed E-state index contributed by atoms with van der Waals surface area (Å²) >= 11 is 0. The van der Waals surface area contributed by atoms with Gasteiger partial charge in [0.25, 0.3) is 0 Å². The van der Waals surface area contributed by atoms with Gasteiger partial charge in [0.15, 0.2) is 0 Å². The van der Waals surface area contributed by atoms with Crippen LogP contribution in [0.15, 0.2) is 138 Å². The second kappa shape index (κ2) is 17.6. The largest absolute Gasteiger partial charge is 0.501 e. The molecule has 4 aromatic heterocycles. The first-order valence-electron chi connectivity index (χ1n) is 21.1. The number of fused-ring (bicyclic) bond motifs is 4. The molecule has 305 valence electrons. The van der Waals surface area contributed by atoms with Gasteiger partial charge in [0.05, 0.1) is 36.7 Å². The number of furan rings is 1. The standard InChI is InChI=1S/C36H30N3O.C17H22NSi.Ir/c1-22(2)29-19-25(24-11-6-5-7-12-24)20-30(23(3)4)34(29)39-32-17-18-37-21-31(32)38-36(39)28-15-10-14-27-26-13-8-9-16-33(26)40-35(27)28;1-13(2)15-11-16(14-9-7-6-8-10-14)18-12-17(15)19(3,4)5;/h5-14,16-23H,1-4H3;6-9,11-13H,1-5H3;/q2*-1;/i;13D;. The van der Waals surface area contributed by atoms with Crippen molar-refractivity contribution >= 4 is 46.2 Å². The summed E-state index contributed by atoms with van der Waals surface area (Å²) in [6, 6.07) is 46.3. The summed E-state index contributed by atoms with van der Waals surface area (Å²) in [4.78, 5) is 14.2. The van der Waals surface area contributed by atoms with Crippen LogP contribution in [0.1, 0.15) is 77.3 Å². The van der Waals surface area contributed by atoms with Gasteiger partial charge in [0.1, 0.15) is 5.58 Å². The van der Waals surface area contributed by atoms with E-state index in [4.69, 9.17) is 10.8 Å². The van der Waals surface area contributed by atoms with E-state index in [1.807, 2.05) is 81.0 Å². The van der Waals surface area contributed by atoms with Crippen molar-refractivity contribution in [2.75, 3.05) is 0 Å². The Labute approximate surface area is 370 Å². The van der Waals surface area contributed by atoms with Crippen LogP contribution >= 0.6 is 0 Å². The Bertz CT molecular complexity index is 2930. The van der Waals surface area contributed by atoms with Crippen molar-refractivity contribution in [2.24, 2.45) is 0 Å². The maximum atomic E-state index is 8.44. The van der Waals surface area contributed by atoms with E-state index in [2.05, 4.69) is 141 Å². The predicted molar refractivity (Wildman–Crippen MR) is 250 cm³/mol. The third-order valence-electron chi connectivity index (χ3n) is 11.0. The maximum absolute atomic E-state index is 8.44. The summed E-state index contributed by atoms with van der Waals surface area (Å²) in [6.45, 7) is 19.9. The first kappa shape index (κ1) is 41.3. The SMILES string of the molecule is CC(C)c1cc(-c2ccccc2)cc(C(C)C)c1-n1c(-c2[c-]ccc3c2oc2ccccc23)nc2cnccc21.[2H]C(C)(C)c1cc(-c2[c-]cccc2)ncc1[Si](C)(C)C.[Ir]. The molecule has 5 nitrogen and oxygen atoms in total. The summed E-state index contributed by atoms with van der Waals surface area (Å²) in [5.41, 5.74) is 13.5. The van der Waals surface area contributed by atoms with Gasteiger partial charge in [-0.15, -0.1) is 54.1 Å². The van der Waals surface area contributed by atoms with E-state index in [1.165, 1.54) is 33.1 Å². The van der Waals surface area contributed by atoms with Crippen LogP contribution in [0.3, 0.4) is 0 Å². The molecule has 1 radical (unpaired) electrons. The predicted octanol–water partition coefficient (Wildman–Crippen LogP) is 13.9. The number of rotatable bonds is 8. The maximum Gasteiger partial charge on any atom is 0.120 e. The van der Waals surface area contributed by atoms with Crippen molar-refractivity contribution in [2.45, 2.75) is 78.9 Å². The van der Waals surface area contributed by atoms with E-state index in [-0.39, 0.29) is 31.9 Å². The van der Waals surface area contributed by atoms with Crippen LogP contribution in [0.2, 0.25) is 19.6 Å². The number of para-hydroxylation sites is 1. The minimum atomic E-state index is -1.50. The molecule has 4 heterocycles. The molecule has 0 aliphatic heterocycles. The number of imidazole rings is 1. The summed E-state index contributed by atoms with van der Waals surface area (Å²) in [7, 11) is -1.50. The van der Waals surface area contributed by atoms with E-state index in [0.717, 1.165) is 61.2 Å². The number of benzene rings is 5. The summed E-state index contributed by atoms with van der Waals surface area (Å²) < 4.78 is 17.2. The van der Waals surface area contributed by atoms with Crippen LogP contribution in [0.4, 0.5) is 0 Å². The molecule has 9 aromatic rings. The fraction of sp³-hybridized carbons (Fsp3) is 0.226. The summed E-state index contributed by atoms with van der Waals surface area (Å²) in [5.74, 6) is 0.773. The van der Waals surface area contributed by atoms with E-state index in [9.17, 15) is 0 Å². The first-order chi connectivity index (χ1) is 28.7. The fourth-order valence-corrected chi connectivity index (χ4v) is 9.55. The Morgan fingerprint density at radius 3 is 2.07 bits per heavy atom. The Balaban J connectivity index is 0.000000226. The average molecular weight is 982 g/mol. The van der Waals surface area contributed by atoms with Crippen LogP contribution < -0.4 is 5.19 Å². The third-order valence-corrected chi connectivity index (χ3v) is 13.0. The number of pyridine rings is 2. The molecular weight excluding hydrogens is 929 g/mol. The second-order valence-corrected chi connectivity index (χ2v) is 22.2. The van der Waals surface area contributed by atoms with E-state index >= 15 is 0 Å². The molecule has 9 rings (SSSR count). The molecular formula is C53H52IrN4OSi-2. The molecule has 60 heavy (non-hydrogen) atoms. The Kier molecular flexibility index (Phi) is 12.1. The van der Waals surface area contributed by atoms with Gasteiger partial charge in [-0.05, 0) is 75.1 Å². The number of aromatic nitrogens is 4. The quantitative estimate of drug-likeness (QED) is 0.112. The van der Waals surface area contributed by atoms with Crippen molar-refractivity contribution in [3.63, 3.8) is 0 Å². The molecule has 0 fully saturated rings. The molecule has 0 saturated carbocycles. The zero-order valence-electron chi connectivity index (χ0n) is 36.9. The Morgan fingerprint density at radius 2 is 1.40 bits per heavy atom. The van der Waals surface area contributed by atoms with Crippen molar-refractivity contribution in [3.05, 3.63) is 163 Å². The Morgan fingerprint density at radius 1 is 0.700 bits per heavy atom. The molecule has 5 aromatic carbocycles. The number of hydrogen-bond donors (Lipinski definition) is 0. The molecule has 0 aliphatic rings. The minimum absolute atomic E-state index is 0. The van der Waals surface area contributed by atoms with E-state index in [1.54, 1.807) is 0 Å². The van der Waals surface area contributed by atoms with Crippen LogP contribution in [-0.4, -0.2) is 27.6 Å². The van der Waals surface area contributed by atoms with Gasteiger partial charge in [-0.1, -0.05) is 132 Å². The smallest absolute Gasteiger partial charge is 0.120 e. The zero-order valence-corrected chi connectivity index (χ0v) is 39.3. The van der Waals surface area contributed by atoms with Gasteiger partial charge in [-0.25, -0.2) is 0 Å². The van der Waals surface area contributed by atoms with Crippen LogP contribution in [0, 0.1) is 12.1 Å². The minimum Gasteiger partial charge on any atom is -0.501 e. The summed E-state index contributed by atoms with van der Waals surface area (Å²) in [5, 5.41) is 3.43. The average Bonchev–Trinajstić information content (AvgIpc) is 3.82. The first-order valence-corrected chi connectivity index (χ1v) is 24.1. The number of hydrogen-bond acceptors (Lipinski definition) is 4. The second-order valence-electron chi connectivity index (χ2n) is 17.1. The Hall–Kier alpha value is -5.46. The number of nitrogens with zero attached hydrogens (tertiary/aromatic N) is 4. The summed E-state index contributed by atoms with van der Waals surface area (Å²) in [6.07, 6.45) is 5.67. The van der Waals surface area contributed by atoms with Crippen LogP contribution in [0.25, 0.3) is 72.4 Å². The van der Waals surface area contributed by atoms with Gasteiger partial charge in [0.2, 0.25) is 0 Å².